The Morgan fingerprint density at radius 3 is 2.71 bits per heavy atom. The van der Waals surface area contributed by atoms with Gasteiger partial charge in [0.05, 0.1) is 16.9 Å². The Morgan fingerprint density at radius 2 is 2.00 bits per heavy atom. The summed E-state index contributed by atoms with van der Waals surface area (Å²) in [6.45, 7) is 2.72. The van der Waals surface area contributed by atoms with Crippen LogP contribution in [0.1, 0.15) is 17.9 Å². The van der Waals surface area contributed by atoms with Crippen molar-refractivity contribution in [2.45, 2.75) is 17.2 Å². The van der Waals surface area contributed by atoms with Crippen LogP contribution in [0.25, 0.3) is 0 Å². The Kier molecular flexibility index (Phi) is 5.03. The molecule has 0 aromatic heterocycles. The van der Waals surface area contributed by atoms with Crippen molar-refractivity contribution in [1.82, 2.24) is 4.31 Å². The summed E-state index contributed by atoms with van der Waals surface area (Å²) in [6.07, 6.45) is 0. The van der Waals surface area contributed by atoms with Crippen LogP contribution in [0.2, 0.25) is 0 Å². The van der Waals surface area contributed by atoms with Crippen LogP contribution in [0.4, 0.5) is 0 Å². The number of rotatable bonds is 5. The number of ether oxygens (including phenoxy) is 1. The Hall–Kier alpha value is -1.70. The molecule has 0 saturated carbocycles. The molecule has 0 radical (unpaired) electrons. The number of benzene rings is 2. The van der Waals surface area contributed by atoms with Crippen LogP contribution in [0.5, 0.6) is 11.5 Å². The highest BCUT2D eigenvalue weighted by molar-refractivity contribution is 8.01. The van der Waals surface area contributed by atoms with E-state index in [0.717, 1.165) is 11.3 Å². The molecule has 2 aromatic carbocycles. The third-order valence-corrected chi connectivity index (χ3v) is 7.04. The van der Waals surface area contributed by atoms with Crippen LogP contribution in [-0.2, 0) is 10.0 Å². The third-order valence-electron chi connectivity index (χ3n) is 3.77. The lowest BCUT2D eigenvalue weighted by Crippen LogP contribution is -2.30. The van der Waals surface area contributed by atoms with E-state index in [1.807, 2.05) is 6.92 Å². The van der Waals surface area contributed by atoms with E-state index in [0.29, 0.717) is 23.8 Å². The van der Waals surface area contributed by atoms with Gasteiger partial charge in [0, 0.05) is 12.3 Å². The van der Waals surface area contributed by atoms with E-state index in [1.165, 1.54) is 4.31 Å². The van der Waals surface area contributed by atoms with Crippen molar-refractivity contribution in [1.29, 1.82) is 0 Å². The lowest BCUT2D eigenvalue weighted by atomic mass is 10.2. The van der Waals surface area contributed by atoms with Gasteiger partial charge in [0.1, 0.15) is 0 Å². The number of phenolic OH excluding ortho intramolecular Hbond substituents is 1. The highest BCUT2D eigenvalue weighted by Gasteiger charge is 2.37. The molecule has 0 aliphatic carbocycles. The van der Waals surface area contributed by atoms with Crippen LogP contribution < -0.4 is 4.74 Å². The van der Waals surface area contributed by atoms with Crippen LogP contribution in [0.15, 0.2) is 53.4 Å². The molecule has 1 saturated heterocycles. The van der Waals surface area contributed by atoms with E-state index < -0.39 is 10.0 Å². The molecule has 1 fully saturated rings. The molecule has 1 atom stereocenters. The largest absolute Gasteiger partial charge is 0.504 e. The predicted molar refractivity (Wildman–Crippen MR) is 94.8 cm³/mol. The number of hydrogen-bond donors (Lipinski definition) is 1. The van der Waals surface area contributed by atoms with Gasteiger partial charge in [-0.1, -0.05) is 24.3 Å². The fourth-order valence-corrected chi connectivity index (χ4v) is 5.90. The first-order chi connectivity index (χ1) is 11.5. The maximum absolute atomic E-state index is 12.9. The molecular formula is C17H19NO4S2. The molecule has 1 N–H and O–H groups in total. The standard InChI is InChI=1S/C17H19NO4S2/c1-2-22-16-12-13(8-9-15(16)19)17-18(10-11-23-17)24(20,21)14-6-4-3-5-7-14/h3-9,12,17,19H,2,10-11H2,1H3. The first kappa shape index (κ1) is 17.1. The van der Waals surface area contributed by atoms with E-state index in [4.69, 9.17) is 4.74 Å². The molecule has 0 amide bonds. The molecule has 5 nitrogen and oxygen atoms in total. The molecule has 1 heterocycles. The average Bonchev–Trinajstić information content (AvgIpc) is 3.08. The number of nitrogens with zero attached hydrogens (tertiary/aromatic N) is 1. The van der Waals surface area contributed by atoms with Gasteiger partial charge >= 0.3 is 0 Å². The fraction of sp³-hybridized carbons (Fsp3) is 0.294. The second-order valence-electron chi connectivity index (χ2n) is 5.31. The second kappa shape index (κ2) is 7.04. The summed E-state index contributed by atoms with van der Waals surface area (Å²) in [6, 6.07) is 13.5. The first-order valence-electron chi connectivity index (χ1n) is 7.68. The minimum absolute atomic E-state index is 0.0565. The van der Waals surface area contributed by atoms with E-state index in [2.05, 4.69) is 0 Å². The van der Waals surface area contributed by atoms with Gasteiger partial charge in [0.15, 0.2) is 11.5 Å². The van der Waals surface area contributed by atoms with Gasteiger partial charge in [-0.15, -0.1) is 11.8 Å². The smallest absolute Gasteiger partial charge is 0.244 e. The monoisotopic (exact) mass is 365 g/mol. The van der Waals surface area contributed by atoms with Crippen molar-refractivity contribution < 1.29 is 18.3 Å². The number of thioether (sulfide) groups is 1. The van der Waals surface area contributed by atoms with E-state index in [9.17, 15) is 13.5 Å². The van der Waals surface area contributed by atoms with Crippen molar-refractivity contribution in [2.24, 2.45) is 0 Å². The minimum atomic E-state index is -3.56. The lowest BCUT2D eigenvalue weighted by Gasteiger charge is -2.24. The summed E-state index contributed by atoms with van der Waals surface area (Å²) in [7, 11) is -3.56. The van der Waals surface area contributed by atoms with Crippen LogP contribution >= 0.6 is 11.8 Å². The highest BCUT2D eigenvalue weighted by Crippen LogP contribution is 2.43. The Morgan fingerprint density at radius 1 is 1.25 bits per heavy atom. The van der Waals surface area contributed by atoms with Gasteiger partial charge < -0.3 is 9.84 Å². The summed E-state index contributed by atoms with van der Waals surface area (Å²) >= 11 is 1.57. The molecule has 128 valence electrons. The third kappa shape index (κ3) is 3.24. The normalized spacial score (nSPS) is 18.6. The van der Waals surface area contributed by atoms with Crippen molar-refractivity contribution >= 4 is 21.8 Å². The average molecular weight is 365 g/mol. The first-order valence-corrected chi connectivity index (χ1v) is 10.2. The van der Waals surface area contributed by atoms with Gasteiger partial charge in [0.2, 0.25) is 10.0 Å². The summed E-state index contributed by atoms with van der Waals surface area (Å²) in [5.41, 5.74) is 0.804. The molecule has 3 rings (SSSR count). The summed E-state index contributed by atoms with van der Waals surface area (Å²) in [5.74, 6) is 1.15. The molecule has 7 heteroatoms. The zero-order valence-electron chi connectivity index (χ0n) is 13.3. The number of phenols is 1. The molecule has 0 bridgehead atoms. The molecule has 1 aliphatic rings. The van der Waals surface area contributed by atoms with Crippen LogP contribution in [0, 0.1) is 0 Å². The van der Waals surface area contributed by atoms with Crippen molar-refractivity contribution in [3.63, 3.8) is 0 Å². The van der Waals surface area contributed by atoms with Gasteiger partial charge in [-0.25, -0.2) is 8.42 Å². The molecule has 1 unspecified atom stereocenters. The highest BCUT2D eigenvalue weighted by atomic mass is 32.2. The van der Waals surface area contributed by atoms with Crippen molar-refractivity contribution in [3.8, 4) is 11.5 Å². The van der Waals surface area contributed by atoms with Crippen LogP contribution in [-0.4, -0.2) is 36.7 Å². The zero-order valence-corrected chi connectivity index (χ0v) is 14.9. The van der Waals surface area contributed by atoms with Gasteiger partial charge in [-0.3, -0.25) is 0 Å². The summed E-state index contributed by atoms with van der Waals surface area (Å²) < 4.78 is 32.8. The Labute approximate surface area is 146 Å². The van der Waals surface area contributed by atoms with Gasteiger partial charge in [-0.2, -0.15) is 4.31 Å². The van der Waals surface area contributed by atoms with Gasteiger partial charge in [0.25, 0.3) is 0 Å². The maximum atomic E-state index is 12.9. The van der Waals surface area contributed by atoms with Crippen molar-refractivity contribution in [3.05, 3.63) is 54.1 Å². The minimum Gasteiger partial charge on any atom is -0.504 e. The molecule has 0 spiro atoms. The SMILES string of the molecule is CCOc1cc(C2SCCN2S(=O)(=O)c2ccccc2)ccc1O. The van der Waals surface area contributed by atoms with Crippen LogP contribution in [0.3, 0.4) is 0 Å². The maximum Gasteiger partial charge on any atom is 0.244 e. The number of aromatic hydroxyl groups is 1. The Bertz CT molecular complexity index is 809. The second-order valence-corrected chi connectivity index (χ2v) is 8.39. The van der Waals surface area contributed by atoms with E-state index in [-0.39, 0.29) is 11.1 Å². The molecule has 1 aliphatic heterocycles. The quantitative estimate of drug-likeness (QED) is 0.881. The van der Waals surface area contributed by atoms with E-state index >= 15 is 0 Å². The zero-order chi connectivity index (χ0) is 17.2. The molecule has 2 aromatic rings. The lowest BCUT2D eigenvalue weighted by molar-refractivity contribution is 0.317. The Balaban J connectivity index is 1.95. The van der Waals surface area contributed by atoms with Crippen molar-refractivity contribution in [2.75, 3.05) is 18.9 Å². The molecular weight excluding hydrogens is 346 g/mol. The van der Waals surface area contributed by atoms with Gasteiger partial charge in [-0.05, 0) is 36.8 Å². The number of sulfonamides is 1. The van der Waals surface area contributed by atoms with E-state index in [1.54, 1.807) is 60.3 Å². The fourth-order valence-electron chi connectivity index (χ4n) is 2.65. The predicted octanol–water partition coefficient (Wildman–Crippen LogP) is 3.23. The summed E-state index contributed by atoms with van der Waals surface area (Å²) in [5, 5.41) is 9.52. The molecule has 24 heavy (non-hydrogen) atoms. The number of hydrogen-bond acceptors (Lipinski definition) is 5. The topological polar surface area (TPSA) is 66.8 Å². The summed E-state index contributed by atoms with van der Waals surface area (Å²) in [4.78, 5) is 0.293.